The minimum Gasteiger partial charge on any atom is -0.478 e. The Kier molecular flexibility index (Phi) is 4.68. The summed E-state index contributed by atoms with van der Waals surface area (Å²) in [6, 6.07) is 1.34. The minimum atomic E-state index is -1.11. The van der Waals surface area contributed by atoms with Gasteiger partial charge in [0.15, 0.2) is 5.82 Å². The van der Waals surface area contributed by atoms with E-state index in [1.807, 2.05) is 6.92 Å². The topological polar surface area (TPSA) is 99.8 Å². The van der Waals surface area contributed by atoms with Gasteiger partial charge in [0, 0.05) is 26.8 Å². The molecular formula is C12H18N4O3. The second-order valence-electron chi connectivity index (χ2n) is 4.20. The summed E-state index contributed by atoms with van der Waals surface area (Å²) < 4.78 is 0. The van der Waals surface area contributed by atoms with Crippen molar-refractivity contribution in [3.05, 3.63) is 17.8 Å². The monoisotopic (exact) mass is 266 g/mol. The molecule has 0 aromatic carbocycles. The summed E-state index contributed by atoms with van der Waals surface area (Å²) in [7, 11) is 3.31. The molecule has 0 saturated carbocycles. The van der Waals surface area contributed by atoms with Crippen LogP contribution in [0.4, 0.5) is 11.5 Å². The van der Waals surface area contributed by atoms with E-state index in [1.165, 1.54) is 17.2 Å². The van der Waals surface area contributed by atoms with Gasteiger partial charge in [0.25, 0.3) is 0 Å². The Balaban J connectivity index is 3.09. The second-order valence-corrected chi connectivity index (χ2v) is 4.20. The van der Waals surface area contributed by atoms with Crippen LogP contribution in [-0.4, -0.2) is 54.1 Å². The van der Waals surface area contributed by atoms with Crippen LogP contribution in [0.15, 0.2) is 12.3 Å². The van der Waals surface area contributed by atoms with Crippen LogP contribution in [-0.2, 0) is 4.79 Å². The molecule has 0 aliphatic rings. The molecule has 0 radical (unpaired) electrons. The Bertz CT molecular complexity index is 488. The lowest BCUT2D eigenvalue weighted by Crippen LogP contribution is -2.37. The highest BCUT2D eigenvalue weighted by Crippen LogP contribution is 2.23. The standard InChI is InChI=1S/C12H18N4O3/c1-4-16(7-9(17)15(2)3)11-10(13)8(12(18)19)5-6-14-11/h5-6H,4,7,13H2,1-3H3,(H,18,19). The van der Waals surface area contributed by atoms with Gasteiger partial charge in [-0.25, -0.2) is 9.78 Å². The summed E-state index contributed by atoms with van der Waals surface area (Å²) in [5, 5.41) is 9.01. The van der Waals surface area contributed by atoms with Gasteiger partial charge >= 0.3 is 5.97 Å². The maximum atomic E-state index is 11.7. The summed E-state index contributed by atoms with van der Waals surface area (Å²) in [4.78, 5) is 29.9. The predicted molar refractivity (Wildman–Crippen MR) is 72.2 cm³/mol. The van der Waals surface area contributed by atoms with Gasteiger partial charge in [-0.1, -0.05) is 0 Å². The lowest BCUT2D eigenvalue weighted by Gasteiger charge is -2.24. The van der Waals surface area contributed by atoms with Crippen molar-refractivity contribution in [1.29, 1.82) is 0 Å². The highest BCUT2D eigenvalue weighted by atomic mass is 16.4. The molecule has 1 aromatic heterocycles. The third kappa shape index (κ3) is 3.34. The fourth-order valence-corrected chi connectivity index (χ4v) is 1.54. The number of aromatic carboxylic acids is 1. The van der Waals surface area contributed by atoms with Crippen molar-refractivity contribution < 1.29 is 14.7 Å². The molecule has 0 unspecified atom stereocenters. The van der Waals surface area contributed by atoms with E-state index in [4.69, 9.17) is 10.8 Å². The molecule has 1 rings (SSSR count). The van der Waals surface area contributed by atoms with E-state index < -0.39 is 5.97 Å². The minimum absolute atomic E-state index is 0.0132. The van der Waals surface area contributed by atoms with Crippen molar-refractivity contribution in [3.63, 3.8) is 0 Å². The number of aromatic nitrogens is 1. The Hall–Kier alpha value is -2.31. The summed E-state index contributed by atoms with van der Waals surface area (Å²) in [6.45, 7) is 2.45. The van der Waals surface area contributed by atoms with Crippen LogP contribution >= 0.6 is 0 Å². The van der Waals surface area contributed by atoms with Gasteiger partial charge in [-0.05, 0) is 13.0 Å². The molecule has 7 heteroatoms. The SMILES string of the molecule is CCN(CC(=O)N(C)C)c1nccc(C(=O)O)c1N. The first-order valence-corrected chi connectivity index (χ1v) is 5.81. The molecule has 7 nitrogen and oxygen atoms in total. The third-order valence-corrected chi connectivity index (χ3v) is 2.71. The highest BCUT2D eigenvalue weighted by Gasteiger charge is 2.19. The number of amides is 1. The molecule has 0 aliphatic carbocycles. The maximum absolute atomic E-state index is 11.7. The number of hydrogen-bond donors (Lipinski definition) is 2. The average molecular weight is 266 g/mol. The highest BCUT2D eigenvalue weighted by molar-refractivity contribution is 5.96. The van der Waals surface area contributed by atoms with Crippen molar-refractivity contribution in [2.75, 3.05) is 37.8 Å². The number of rotatable bonds is 5. The van der Waals surface area contributed by atoms with Crippen LogP contribution in [0.5, 0.6) is 0 Å². The lowest BCUT2D eigenvalue weighted by molar-refractivity contribution is -0.127. The Morgan fingerprint density at radius 2 is 2.05 bits per heavy atom. The molecule has 1 aromatic rings. The smallest absolute Gasteiger partial charge is 0.337 e. The zero-order valence-electron chi connectivity index (χ0n) is 11.3. The van der Waals surface area contributed by atoms with Gasteiger partial charge in [-0.15, -0.1) is 0 Å². The van der Waals surface area contributed by atoms with Gasteiger partial charge in [-0.3, -0.25) is 4.79 Å². The van der Waals surface area contributed by atoms with Gasteiger partial charge < -0.3 is 20.6 Å². The molecule has 19 heavy (non-hydrogen) atoms. The van der Waals surface area contributed by atoms with Crippen molar-refractivity contribution in [2.24, 2.45) is 0 Å². The lowest BCUT2D eigenvalue weighted by atomic mass is 10.2. The largest absolute Gasteiger partial charge is 0.478 e. The number of likely N-dealkylation sites (N-methyl/N-ethyl adjacent to an activating group) is 2. The van der Waals surface area contributed by atoms with Crippen LogP contribution in [0.2, 0.25) is 0 Å². The van der Waals surface area contributed by atoms with Crippen LogP contribution < -0.4 is 10.6 Å². The first-order valence-electron chi connectivity index (χ1n) is 5.81. The first kappa shape index (κ1) is 14.7. The molecule has 3 N–H and O–H groups in total. The quantitative estimate of drug-likeness (QED) is 0.794. The number of carboxylic acid groups (broad SMARTS) is 1. The molecule has 1 amide bonds. The number of hydrogen-bond acceptors (Lipinski definition) is 5. The van der Waals surface area contributed by atoms with Crippen molar-refractivity contribution >= 4 is 23.4 Å². The molecule has 0 fully saturated rings. The molecule has 0 spiro atoms. The van der Waals surface area contributed by atoms with Crippen LogP contribution in [0.1, 0.15) is 17.3 Å². The summed E-state index contributed by atoms with van der Waals surface area (Å²) in [6.07, 6.45) is 1.37. The van der Waals surface area contributed by atoms with E-state index in [0.717, 1.165) is 0 Å². The molecule has 0 atom stereocenters. The number of carboxylic acids is 1. The normalized spacial score (nSPS) is 10.1. The molecular weight excluding hydrogens is 248 g/mol. The number of carbonyl (C=O) groups is 2. The van der Waals surface area contributed by atoms with Gasteiger partial charge in [0.05, 0.1) is 17.8 Å². The number of nitrogen functional groups attached to an aromatic ring is 1. The number of nitrogens with two attached hydrogens (primary N) is 1. The summed E-state index contributed by atoms with van der Waals surface area (Å²) in [5.74, 6) is -0.905. The van der Waals surface area contributed by atoms with E-state index >= 15 is 0 Å². The van der Waals surface area contributed by atoms with E-state index in [-0.39, 0.29) is 23.7 Å². The first-order chi connectivity index (χ1) is 8.88. The fourth-order valence-electron chi connectivity index (χ4n) is 1.54. The predicted octanol–water partition coefficient (Wildman–Crippen LogP) is 0.277. The molecule has 104 valence electrons. The Labute approximate surface area is 111 Å². The number of pyridine rings is 1. The van der Waals surface area contributed by atoms with Gasteiger partial charge in [-0.2, -0.15) is 0 Å². The zero-order valence-corrected chi connectivity index (χ0v) is 11.3. The van der Waals surface area contributed by atoms with Gasteiger partial charge in [0.2, 0.25) is 5.91 Å². The van der Waals surface area contributed by atoms with Crippen molar-refractivity contribution in [3.8, 4) is 0 Å². The third-order valence-electron chi connectivity index (χ3n) is 2.71. The van der Waals surface area contributed by atoms with E-state index in [0.29, 0.717) is 12.4 Å². The van der Waals surface area contributed by atoms with E-state index in [2.05, 4.69) is 4.98 Å². The number of anilines is 2. The van der Waals surface area contributed by atoms with E-state index in [1.54, 1.807) is 19.0 Å². The van der Waals surface area contributed by atoms with Crippen LogP contribution in [0.25, 0.3) is 0 Å². The fraction of sp³-hybridized carbons (Fsp3) is 0.417. The van der Waals surface area contributed by atoms with E-state index in [9.17, 15) is 9.59 Å². The van der Waals surface area contributed by atoms with Crippen molar-refractivity contribution in [1.82, 2.24) is 9.88 Å². The van der Waals surface area contributed by atoms with Gasteiger partial charge in [0.1, 0.15) is 0 Å². The maximum Gasteiger partial charge on any atom is 0.337 e. The molecule has 0 aliphatic heterocycles. The Morgan fingerprint density at radius 3 is 2.53 bits per heavy atom. The molecule has 1 heterocycles. The second kappa shape index (κ2) is 6.03. The van der Waals surface area contributed by atoms with Crippen LogP contribution in [0.3, 0.4) is 0 Å². The Morgan fingerprint density at radius 1 is 1.42 bits per heavy atom. The van der Waals surface area contributed by atoms with Crippen molar-refractivity contribution in [2.45, 2.75) is 6.92 Å². The molecule has 0 saturated heterocycles. The summed E-state index contributed by atoms with van der Waals surface area (Å²) in [5.41, 5.74) is 5.86. The zero-order chi connectivity index (χ0) is 14.6. The number of carbonyl (C=O) groups excluding carboxylic acids is 1. The molecule has 0 bridgehead atoms. The average Bonchev–Trinajstić information content (AvgIpc) is 2.35. The van der Waals surface area contributed by atoms with Crippen LogP contribution in [0, 0.1) is 0 Å². The number of nitrogens with zero attached hydrogens (tertiary/aromatic N) is 3. The summed E-state index contributed by atoms with van der Waals surface area (Å²) >= 11 is 0.